The Hall–Kier alpha value is -3.78. The Morgan fingerprint density at radius 2 is 1.91 bits per heavy atom. The van der Waals surface area contributed by atoms with E-state index in [0.29, 0.717) is 33.7 Å². The number of rotatable bonds is 8. The van der Waals surface area contributed by atoms with Gasteiger partial charge in [0, 0.05) is 5.56 Å². The van der Waals surface area contributed by atoms with Crippen LogP contribution in [-0.4, -0.2) is 23.2 Å². The minimum atomic E-state index is -1.11. The highest BCUT2D eigenvalue weighted by Crippen LogP contribution is 2.33. The van der Waals surface area contributed by atoms with Crippen molar-refractivity contribution in [2.45, 2.75) is 11.8 Å². The standard InChI is InChI=1S/C24H18FNO5S/c1-29-21-12-15(10-11-20(21)30-14-16-6-2-3-7-17(16)25)13-22(23(27)28)32-24-26-18-8-4-5-9-19(18)31-24/h2-13H,14H2,1H3,(H,27,28)/b22-13-. The Labute approximate surface area is 187 Å². The Morgan fingerprint density at radius 3 is 2.66 bits per heavy atom. The van der Waals surface area contributed by atoms with Crippen LogP contribution in [0.3, 0.4) is 0 Å². The molecule has 1 aromatic heterocycles. The van der Waals surface area contributed by atoms with E-state index in [1.807, 2.05) is 12.1 Å². The zero-order chi connectivity index (χ0) is 22.5. The summed E-state index contributed by atoms with van der Waals surface area (Å²) < 4.78 is 30.5. The molecule has 0 fully saturated rings. The molecule has 162 valence electrons. The highest BCUT2D eigenvalue weighted by Gasteiger charge is 2.16. The van der Waals surface area contributed by atoms with E-state index in [4.69, 9.17) is 13.9 Å². The van der Waals surface area contributed by atoms with E-state index in [1.54, 1.807) is 48.5 Å². The third-order valence-electron chi connectivity index (χ3n) is 4.51. The average molecular weight is 451 g/mol. The van der Waals surface area contributed by atoms with E-state index < -0.39 is 5.97 Å². The summed E-state index contributed by atoms with van der Waals surface area (Å²) in [6.45, 7) is 0.0339. The van der Waals surface area contributed by atoms with Crippen LogP contribution in [0.4, 0.5) is 4.39 Å². The van der Waals surface area contributed by atoms with Gasteiger partial charge in [0.2, 0.25) is 0 Å². The monoisotopic (exact) mass is 451 g/mol. The molecule has 0 unspecified atom stereocenters. The number of halogens is 1. The van der Waals surface area contributed by atoms with Crippen LogP contribution in [0.25, 0.3) is 17.2 Å². The third kappa shape index (κ3) is 4.92. The summed E-state index contributed by atoms with van der Waals surface area (Å²) in [5.74, 6) is -0.660. The van der Waals surface area contributed by atoms with E-state index in [1.165, 1.54) is 19.3 Å². The molecule has 0 aliphatic carbocycles. The summed E-state index contributed by atoms with van der Waals surface area (Å²) in [7, 11) is 1.48. The minimum absolute atomic E-state index is 0.0265. The van der Waals surface area contributed by atoms with E-state index in [2.05, 4.69) is 4.98 Å². The molecule has 0 saturated heterocycles. The fourth-order valence-electron chi connectivity index (χ4n) is 2.94. The Bertz CT molecular complexity index is 1270. The fraction of sp³-hybridized carbons (Fsp3) is 0.0833. The first-order valence-corrected chi connectivity index (χ1v) is 10.4. The van der Waals surface area contributed by atoms with Gasteiger partial charge in [-0.25, -0.2) is 14.2 Å². The van der Waals surface area contributed by atoms with Gasteiger partial charge in [-0.15, -0.1) is 0 Å². The molecule has 32 heavy (non-hydrogen) atoms. The predicted molar refractivity (Wildman–Crippen MR) is 119 cm³/mol. The number of nitrogens with zero attached hydrogens (tertiary/aromatic N) is 1. The molecule has 0 saturated carbocycles. The van der Waals surface area contributed by atoms with Crippen molar-refractivity contribution in [3.05, 3.63) is 88.6 Å². The summed E-state index contributed by atoms with van der Waals surface area (Å²) in [6, 6.07) is 18.5. The van der Waals surface area contributed by atoms with Crippen molar-refractivity contribution in [2.24, 2.45) is 0 Å². The summed E-state index contributed by atoms with van der Waals surface area (Å²) in [4.78, 5) is 16.1. The number of thioether (sulfide) groups is 1. The van der Waals surface area contributed by atoms with E-state index in [-0.39, 0.29) is 22.6 Å². The van der Waals surface area contributed by atoms with Crippen molar-refractivity contribution in [3.8, 4) is 11.5 Å². The molecule has 0 bridgehead atoms. The zero-order valence-corrected chi connectivity index (χ0v) is 17.8. The minimum Gasteiger partial charge on any atom is -0.493 e. The lowest BCUT2D eigenvalue weighted by molar-refractivity contribution is -0.131. The van der Waals surface area contributed by atoms with Gasteiger partial charge in [-0.05, 0) is 53.7 Å². The summed E-state index contributed by atoms with van der Waals surface area (Å²) >= 11 is 0.914. The van der Waals surface area contributed by atoms with Crippen LogP contribution >= 0.6 is 11.8 Å². The number of ether oxygens (including phenoxy) is 2. The van der Waals surface area contributed by atoms with Crippen molar-refractivity contribution in [1.29, 1.82) is 0 Å². The molecule has 0 aliphatic heterocycles. The maximum absolute atomic E-state index is 13.8. The number of carboxylic acid groups (broad SMARTS) is 1. The van der Waals surface area contributed by atoms with Gasteiger partial charge >= 0.3 is 5.97 Å². The summed E-state index contributed by atoms with van der Waals surface area (Å²) in [5.41, 5.74) is 2.23. The van der Waals surface area contributed by atoms with Crippen LogP contribution in [0, 0.1) is 5.82 Å². The van der Waals surface area contributed by atoms with Gasteiger partial charge in [0.05, 0.1) is 7.11 Å². The SMILES string of the molecule is COc1cc(/C=C(\Sc2nc3ccccc3o2)C(=O)O)ccc1OCc1ccccc1F. The van der Waals surface area contributed by atoms with Crippen molar-refractivity contribution in [3.63, 3.8) is 0 Å². The topological polar surface area (TPSA) is 81.8 Å². The molecule has 1 heterocycles. The van der Waals surface area contributed by atoms with Crippen LogP contribution in [0.2, 0.25) is 0 Å². The van der Waals surface area contributed by atoms with E-state index in [9.17, 15) is 14.3 Å². The van der Waals surface area contributed by atoms with Crippen molar-refractivity contribution in [2.75, 3.05) is 7.11 Å². The number of methoxy groups -OCH3 is 1. The average Bonchev–Trinajstić information content (AvgIpc) is 3.21. The van der Waals surface area contributed by atoms with Gasteiger partial charge in [0.25, 0.3) is 5.22 Å². The highest BCUT2D eigenvalue weighted by molar-refractivity contribution is 8.03. The molecule has 1 N–H and O–H groups in total. The third-order valence-corrected chi connectivity index (χ3v) is 5.37. The molecule has 0 amide bonds. The zero-order valence-electron chi connectivity index (χ0n) is 16.9. The largest absolute Gasteiger partial charge is 0.493 e. The van der Waals surface area contributed by atoms with E-state index >= 15 is 0 Å². The number of hydrogen-bond donors (Lipinski definition) is 1. The number of oxazole rings is 1. The number of para-hydroxylation sites is 2. The van der Waals surface area contributed by atoms with Gasteiger partial charge in [-0.2, -0.15) is 0 Å². The molecule has 3 aromatic carbocycles. The predicted octanol–water partition coefficient (Wildman–Crippen LogP) is 5.77. The Balaban J connectivity index is 1.55. The molecular formula is C24H18FNO5S. The van der Waals surface area contributed by atoms with Gasteiger partial charge < -0.3 is 19.0 Å². The first kappa shape index (κ1) is 21.5. The normalized spacial score (nSPS) is 11.5. The quantitative estimate of drug-likeness (QED) is 0.269. The van der Waals surface area contributed by atoms with Gasteiger partial charge in [0.1, 0.15) is 22.8 Å². The van der Waals surface area contributed by atoms with Gasteiger partial charge in [0.15, 0.2) is 17.1 Å². The Kier molecular flexibility index (Phi) is 6.42. The molecule has 6 nitrogen and oxygen atoms in total. The molecular weight excluding hydrogens is 433 g/mol. The number of benzene rings is 3. The number of fused-ring (bicyclic) bond motifs is 1. The lowest BCUT2D eigenvalue weighted by atomic mass is 10.2. The molecule has 4 aromatic rings. The fourth-order valence-corrected chi connectivity index (χ4v) is 3.69. The first-order valence-electron chi connectivity index (χ1n) is 9.56. The number of carboxylic acids is 1. The molecule has 4 rings (SSSR count). The van der Waals surface area contributed by atoms with Gasteiger partial charge in [-0.3, -0.25) is 0 Å². The molecule has 8 heteroatoms. The lowest BCUT2D eigenvalue weighted by Gasteiger charge is -2.12. The molecule has 0 aliphatic rings. The summed E-state index contributed by atoms with van der Waals surface area (Å²) in [5, 5.41) is 9.87. The number of carbonyl (C=O) groups is 1. The maximum Gasteiger partial charge on any atom is 0.342 e. The smallest absolute Gasteiger partial charge is 0.342 e. The Morgan fingerprint density at radius 1 is 1.12 bits per heavy atom. The van der Waals surface area contributed by atoms with Crippen molar-refractivity contribution in [1.82, 2.24) is 4.98 Å². The molecule has 0 atom stereocenters. The molecule has 0 radical (unpaired) electrons. The second-order valence-electron chi connectivity index (χ2n) is 6.65. The second kappa shape index (κ2) is 9.57. The maximum atomic E-state index is 13.8. The lowest BCUT2D eigenvalue weighted by Crippen LogP contribution is -2.00. The van der Waals surface area contributed by atoms with Crippen LogP contribution in [0.5, 0.6) is 11.5 Å². The van der Waals surface area contributed by atoms with E-state index in [0.717, 1.165) is 11.8 Å². The summed E-state index contributed by atoms with van der Waals surface area (Å²) in [6.07, 6.45) is 1.49. The number of aromatic nitrogens is 1. The number of hydrogen-bond acceptors (Lipinski definition) is 6. The molecule has 0 spiro atoms. The van der Waals surface area contributed by atoms with Crippen LogP contribution < -0.4 is 9.47 Å². The second-order valence-corrected chi connectivity index (χ2v) is 7.65. The van der Waals surface area contributed by atoms with Crippen molar-refractivity contribution >= 4 is 34.9 Å². The first-order chi connectivity index (χ1) is 15.5. The van der Waals surface area contributed by atoms with Crippen LogP contribution in [0.15, 0.2) is 81.3 Å². The van der Waals surface area contributed by atoms with Crippen molar-refractivity contribution < 1.29 is 28.2 Å². The highest BCUT2D eigenvalue weighted by atomic mass is 32.2. The number of aliphatic carboxylic acids is 1. The van der Waals surface area contributed by atoms with Gasteiger partial charge in [-0.1, -0.05) is 36.4 Å². The van der Waals surface area contributed by atoms with Crippen LogP contribution in [0.1, 0.15) is 11.1 Å². The van der Waals surface area contributed by atoms with Crippen LogP contribution in [-0.2, 0) is 11.4 Å².